The molecular weight excluding hydrogens is 260 g/mol. The van der Waals surface area contributed by atoms with E-state index >= 15 is 0 Å². The van der Waals surface area contributed by atoms with E-state index in [1.54, 1.807) is 9.80 Å². The fourth-order valence-corrected chi connectivity index (χ4v) is 3.14. The largest absolute Gasteiger partial charge is 0.343 e. The Balaban J connectivity index is 1.76. The molecule has 2 aliphatic heterocycles. The molecule has 0 spiro atoms. The molecule has 2 saturated heterocycles. The van der Waals surface area contributed by atoms with Crippen LogP contribution in [0.1, 0.15) is 32.0 Å². The Bertz CT molecular complexity index is 502. The van der Waals surface area contributed by atoms with Crippen molar-refractivity contribution in [3.8, 4) is 0 Å². The Kier molecular flexibility index (Phi) is 3.42. The zero-order valence-electron chi connectivity index (χ0n) is 11.5. The summed E-state index contributed by atoms with van der Waals surface area (Å²) in [6.45, 7) is 3.12. The Morgan fingerprint density at radius 1 is 1.40 bits per heavy atom. The summed E-state index contributed by atoms with van der Waals surface area (Å²) in [6, 6.07) is -0.598. The molecule has 3 rings (SSSR count). The average molecular weight is 278 g/mol. The van der Waals surface area contributed by atoms with Crippen molar-refractivity contribution in [1.29, 1.82) is 0 Å². The second-order valence-electron chi connectivity index (χ2n) is 5.24. The van der Waals surface area contributed by atoms with Crippen LogP contribution in [0.2, 0.25) is 0 Å². The number of piperazine rings is 1. The van der Waals surface area contributed by atoms with E-state index in [1.165, 1.54) is 6.39 Å². The lowest BCUT2D eigenvalue weighted by atomic mass is 10.0. The van der Waals surface area contributed by atoms with Crippen LogP contribution < -0.4 is 0 Å². The third-order valence-corrected chi connectivity index (χ3v) is 4.14. The summed E-state index contributed by atoms with van der Waals surface area (Å²) >= 11 is 0. The fourth-order valence-electron chi connectivity index (χ4n) is 3.14. The van der Waals surface area contributed by atoms with Gasteiger partial charge in [0.05, 0.1) is 0 Å². The van der Waals surface area contributed by atoms with E-state index in [4.69, 9.17) is 0 Å². The second-order valence-corrected chi connectivity index (χ2v) is 5.24. The standard InChI is InChI=1S/C13H18N4O3/c1-2-9-12(18)16-6-3-4-10(16)13(19)17(9)7-5-11-14-8-20-15-11/h8-10H,2-7H2,1H3. The lowest BCUT2D eigenvalue weighted by Crippen LogP contribution is -2.62. The number of hydrogen-bond acceptors (Lipinski definition) is 5. The summed E-state index contributed by atoms with van der Waals surface area (Å²) in [7, 11) is 0. The van der Waals surface area contributed by atoms with Crippen molar-refractivity contribution >= 4 is 11.8 Å². The van der Waals surface area contributed by atoms with E-state index in [-0.39, 0.29) is 23.9 Å². The molecule has 1 aromatic heterocycles. The predicted molar refractivity (Wildman–Crippen MR) is 68.5 cm³/mol. The first-order valence-corrected chi connectivity index (χ1v) is 7.08. The van der Waals surface area contributed by atoms with Gasteiger partial charge in [0.25, 0.3) is 0 Å². The quantitative estimate of drug-likeness (QED) is 0.787. The van der Waals surface area contributed by atoms with Crippen LogP contribution >= 0.6 is 0 Å². The molecule has 0 aromatic carbocycles. The number of aromatic nitrogens is 2. The maximum atomic E-state index is 12.5. The van der Waals surface area contributed by atoms with Gasteiger partial charge in [-0.3, -0.25) is 9.59 Å². The van der Waals surface area contributed by atoms with Crippen molar-refractivity contribution in [3.63, 3.8) is 0 Å². The van der Waals surface area contributed by atoms with Crippen molar-refractivity contribution < 1.29 is 14.1 Å². The molecule has 7 nitrogen and oxygen atoms in total. The van der Waals surface area contributed by atoms with Gasteiger partial charge in [-0.25, -0.2) is 0 Å². The van der Waals surface area contributed by atoms with Gasteiger partial charge >= 0.3 is 0 Å². The zero-order chi connectivity index (χ0) is 14.1. The average Bonchev–Trinajstić information content (AvgIpc) is 3.11. The highest BCUT2D eigenvalue weighted by atomic mass is 16.5. The number of fused-ring (bicyclic) bond motifs is 1. The number of amides is 2. The first-order chi connectivity index (χ1) is 9.72. The summed E-state index contributed by atoms with van der Waals surface area (Å²) in [5.74, 6) is 0.717. The first kappa shape index (κ1) is 13.1. The Morgan fingerprint density at radius 3 is 2.95 bits per heavy atom. The topological polar surface area (TPSA) is 79.5 Å². The van der Waals surface area contributed by atoms with Gasteiger partial charge in [-0.1, -0.05) is 12.1 Å². The molecule has 2 amide bonds. The highest BCUT2D eigenvalue weighted by Crippen LogP contribution is 2.28. The lowest BCUT2D eigenvalue weighted by molar-refractivity contribution is -0.159. The Hall–Kier alpha value is -1.92. The number of hydrogen-bond donors (Lipinski definition) is 0. The van der Waals surface area contributed by atoms with Crippen LogP contribution in [0.25, 0.3) is 0 Å². The summed E-state index contributed by atoms with van der Waals surface area (Å²) < 4.78 is 4.69. The predicted octanol–water partition coefficient (Wildman–Crippen LogP) is 0.224. The summed E-state index contributed by atoms with van der Waals surface area (Å²) in [5.41, 5.74) is 0. The third-order valence-electron chi connectivity index (χ3n) is 4.14. The molecule has 2 unspecified atom stereocenters. The van der Waals surface area contributed by atoms with Gasteiger partial charge < -0.3 is 14.3 Å². The smallest absolute Gasteiger partial charge is 0.246 e. The van der Waals surface area contributed by atoms with Gasteiger partial charge in [0.1, 0.15) is 12.1 Å². The molecule has 0 N–H and O–H groups in total. The molecule has 2 fully saturated rings. The highest BCUT2D eigenvalue weighted by Gasteiger charge is 2.46. The Labute approximate surface area is 116 Å². The third kappa shape index (κ3) is 2.07. The van der Waals surface area contributed by atoms with Gasteiger partial charge in [0.2, 0.25) is 18.2 Å². The maximum absolute atomic E-state index is 12.5. The second kappa shape index (κ2) is 5.22. The minimum atomic E-state index is -0.344. The molecular formula is C13H18N4O3. The maximum Gasteiger partial charge on any atom is 0.246 e. The van der Waals surface area contributed by atoms with Crippen LogP contribution in [0.3, 0.4) is 0 Å². The summed E-state index contributed by atoms with van der Waals surface area (Å²) in [6.07, 6.45) is 4.12. The van der Waals surface area contributed by atoms with Crippen LogP contribution in [0.4, 0.5) is 0 Å². The Morgan fingerprint density at radius 2 is 2.25 bits per heavy atom. The number of carbonyl (C=O) groups is 2. The molecule has 0 radical (unpaired) electrons. The van der Waals surface area contributed by atoms with E-state index in [2.05, 4.69) is 14.7 Å². The normalized spacial score (nSPS) is 26.2. The van der Waals surface area contributed by atoms with Crippen molar-refractivity contribution in [2.45, 2.75) is 44.7 Å². The minimum absolute atomic E-state index is 0.0671. The van der Waals surface area contributed by atoms with Gasteiger partial charge in [-0.2, -0.15) is 4.98 Å². The molecule has 3 heterocycles. The number of carbonyl (C=O) groups excluding carboxylic acids is 2. The van der Waals surface area contributed by atoms with Crippen LogP contribution in [-0.2, 0) is 16.0 Å². The van der Waals surface area contributed by atoms with Crippen LogP contribution in [0.5, 0.6) is 0 Å². The summed E-state index contributed by atoms with van der Waals surface area (Å²) in [5, 5.41) is 3.74. The van der Waals surface area contributed by atoms with Crippen LogP contribution in [0.15, 0.2) is 10.9 Å². The molecule has 2 aliphatic rings. The molecule has 7 heteroatoms. The molecule has 0 saturated carbocycles. The van der Waals surface area contributed by atoms with Gasteiger partial charge in [0, 0.05) is 19.5 Å². The fraction of sp³-hybridized carbons (Fsp3) is 0.692. The van der Waals surface area contributed by atoms with E-state index in [0.29, 0.717) is 31.8 Å². The highest BCUT2D eigenvalue weighted by molar-refractivity contribution is 5.97. The SMILES string of the molecule is CCC1C(=O)N2CCCC2C(=O)N1CCc1ncon1. The molecule has 2 atom stereocenters. The molecule has 0 aliphatic carbocycles. The van der Waals surface area contributed by atoms with E-state index in [0.717, 1.165) is 12.8 Å². The molecule has 1 aromatic rings. The van der Waals surface area contributed by atoms with E-state index in [9.17, 15) is 9.59 Å². The van der Waals surface area contributed by atoms with Crippen LogP contribution in [-0.4, -0.2) is 56.9 Å². The molecule has 108 valence electrons. The minimum Gasteiger partial charge on any atom is -0.343 e. The van der Waals surface area contributed by atoms with Gasteiger partial charge in [-0.05, 0) is 19.3 Å². The van der Waals surface area contributed by atoms with Crippen molar-refractivity contribution in [2.24, 2.45) is 0 Å². The monoisotopic (exact) mass is 278 g/mol. The zero-order valence-corrected chi connectivity index (χ0v) is 11.5. The van der Waals surface area contributed by atoms with Crippen molar-refractivity contribution in [2.75, 3.05) is 13.1 Å². The first-order valence-electron chi connectivity index (χ1n) is 7.08. The van der Waals surface area contributed by atoms with Crippen LogP contribution in [0, 0.1) is 0 Å². The number of nitrogens with zero attached hydrogens (tertiary/aromatic N) is 4. The van der Waals surface area contributed by atoms with Gasteiger partial charge in [-0.15, -0.1) is 0 Å². The van der Waals surface area contributed by atoms with Crippen molar-refractivity contribution in [3.05, 3.63) is 12.2 Å². The lowest BCUT2D eigenvalue weighted by Gasteiger charge is -2.42. The molecule has 0 bridgehead atoms. The van der Waals surface area contributed by atoms with E-state index < -0.39 is 0 Å². The van der Waals surface area contributed by atoms with E-state index in [1.807, 2.05) is 6.92 Å². The van der Waals surface area contributed by atoms with Gasteiger partial charge in [0.15, 0.2) is 5.82 Å². The summed E-state index contributed by atoms with van der Waals surface area (Å²) in [4.78, 5) is 32.4. The molecule has 20 heavy (non-hydrogen) atoms. The number of rotatable bonds is 4. The van der Waals surface area contributed by atoms with Crippen molar-refractivity contribution in [1.82, 2.24) is 19.9 Å².